The van der Waals surface area contributed by atoms with Crippen LogP contribution >= 0.6 is 11.8 Å². The molecule has 5 nitrogen and oxygen atoms in total. The van der Waals surface area contributed by atoms with E-state index in [1.165, 1.54) is 18.3 Å². The summed E-state index contributed by atoms with van der Waals surface area (Å²) in [6.45, 7) is 3.88. The summed E-state index contributed by atoms with van der Waals surface area (Å²) >= 11 is 1.57. The van der Waals surface area contributed by atoms with Gasteiger partial charge in [-0.25, -0.2) is 18.1 Å². The molecule has 1 aromatic rings. The minimum Gasteiger partial charge on any atom is -0.244 e. The Labute approximate surface area is 111 Å². The molecule has 1 rings (SSSR count). The van der Waals surface area contributed by atoms with E-state index in [4.69, 9.17) is 5.26 Å². The summed E-state index contributed by atoms with van der Waals surface area (Å²) in [5.41, 5.74) is -0.0938. The molecule has 0 radical (unpaired) electrons. The largest absolute Gasteiger partial charge is 0.244 e. The van der Waals surface area contributed by atoms with Crippen LogP contribution in [-0.2, 0) is 10.0 Å². The van der Waals surface area contributed by atoms with Crippen LogP contribution in [0.25, 0.3) is 0 Å². The Morgan fingerprint density at radius 3 is 3.06 bits per heavy atom. The summed E-state index contributed by atoms with van der Waals surface area (Å²) in [4.78, 5) is 3.64. The summed E-state index contributed by atoms with van der Waals surface area (Å²) in [5.74, 6) is 1.42. The average molecular weight is 283 g/mol. The second-order valence-corrected chi connectivity index (χ2v) is 6.11. The summed E-state index contributed by atoms with van der Waals surface area (Å²) in [7, 11) is -3.66. The summed E-state index contributed by atoms with van der Waals surface area (Å²) in [5, 5.41) is 8.80. The first-order chi connectivity index (χ1) is 8.61. The van der Waals surface area contributed by atoms with Crippen LogP contribution in [-0.4, -0.2) is 31.5 Å². The molecule has 0 fully saturated rings. The summed E-state index contributed by atoms with van der Waals surface area (Å²) < 4.78 is 26.3. The molecule has 0 saturated heterocycles. The first-order valence-corrected chi connectivity index (χ1v) is 7.79. The maximum absolute atomic E-state index is 11.9. The molecule has 0 bridgehead atoms. The Morgan fingerprint density at radius 2 is 2.39 bits per heavy atom. The number of thioether (sulfide) groups is 1. The molecule has 0 atom stereocenters. The quantitative estimate of drug-likeness (QED) is 0.599. The standard InChI is InChI=1S/C11H13N3O2S2/c1-2-7-17-8-6-14-18(15,16)11-4-3-5-13-10(11)9-12/h2-5,14H,1,6-8H2. The third-order valence-electron chi connectivity index (χ3n) is 1.94. The molecule has 1 heterocycles. The Bertz CT molecular complexity index is 550. The van der Waals surface area contributed by atoms with Crippen molar-refractivity contribution in [1.82, 2.24) is 9.71 Å². The summed E-state index contributed by atoms with van der Waals surface area (Å²) in [6, 6.07) is 4.62. The highest BCUT2D eigenvalue weighted by Crippen LogP contribution is 2.11. The molecule has 0 unspecified atom stereocenters. The molecule has 0 aromatic carbocycles. The number of aromatic nitrogens is 1. The average Bonchev–Trinajstić information content (AvgIpc) is 2.38. The van der Waals surface area contributed by atoms with Crippen molar-refractivity contribution in [2.45, 2.75) is 4.90 Å². The van der Waals surface area contributed by atoms with E-state index in [1.54, 1.807) is 23.9 Å². The fraction of sp³-hybridized carbons (Fsp3) is 0.273. The van der Waals surface area contributed by atoms with Crippen LogP contribution in [0, 0.1) is 11.3 Å². The van der Waals surface area contributed by atoms with Gasteiger partial charge in [0.2, 0.25) is 10.0 Å². The monoisotopic (exact) mass is 283 g/mol. The Kier molecular flexibility index (Phi) is 5.85. The number of hydrogen-bond donors (Lipinski definition) is 1. The zero-order chi connectivity index (χ0) is 13.4. The van der Waals surface area contributed by atoms with Gasteiger partial charge >= 0.3 is 0 Å². The van der Waals surface area contributed by atoms with E-state index in [1.807, 2.05) is 0 Å². The molecule has 1 N–H and O–H groups in total. The predicted molar refractivity (Wildman–Crippen MR) is 71.7 cm³/mol. The van der Waals surface area contributed by atoms with Crippen molar-refractivity contribution in [3.63, 3.8) is 0 Å². The lowest BCUT2D eigenvalue weighted by Gasteiger charge is -2.06. The molecule has 18 heavy (non-hydrogen) atoms. The van der Waals surface area contributed by atoms with Crippen LogP contribution in [0.1, 0.15) is 5.69 Å². The zero-order valence-corrected chi connectivity index (χ0v) is 11.3. The highest BCUT2D eigenvalue weighted by molar-refractivity contribution is 7.99. The first-order valence-electron chi connectivity index (χ1n) is 5.15. The van der Waals surface area contributed by atoms with Gasteiger partial charge in [-0.1, -0.05) is 6.08 Å². The molecule has 0 saturated carbocycles. The SMILES string of the molecule is C=CCSCCNS(=O)(=O)c1cccnc1C#N. The normalized spacial score (nSPS) is 10.8. The molecular formula is C11H13N3O2S2. The van der Waals surface area contributed by atoms with E-state index in [9.17, 15) is 8.42 Å². The maximum atomic E-state index is 11.9. The Morgan fingerprint density at radius 1 is 1.61 bits per heavy atom. The highest BCUT2D eigenvalue weighted by atomic mass is 32.2. The molecule has 7 heteroatoms. The van der Waals surface area contributed by atoms with E-state index < -0.39 is 10.0 Å². The van der Waals surface area contributed by atoms with Crippen LogP contribution in [0.3, 0.4) is 0 Å². The number of nitrogens with zero attached hydrogens (tertiary/aromatic N) is 2. The van der Waals surface area contributed by atoms with Gasteiger partial charge in [-0.05, 0) is 12.1 Å². The molecule has 0 aliphatic carbocycles. The van der Waals surface area contributed by atoms with Crippen molar-refractivity contribution >= 4 is 21.8 Å². The summed E-state index contributed by atoms with van der Waals surface area (Å²) in [6.07, 6.45) is 3.14. The van der Waals surface area contributed by atoms with Gasteiger partial charge in [0, 0.05) is 24.2 Å². The number of nitrogens with one attached hydrogen (secondary N) is 1. The van der Waals surface area contributed by atoms with Crippen LogP contribution in [0.15, 0.2) is 35.9 Å². The van der Waals surface area contributed by atoms with Gasteiger partial charge < -0.3 is 0 Å². The van der Waals surface area contributed by atoms with Crippen molar-refractivity contribution < 1.29 is 8.42 Å². The minimum atomic E-state index is -3.66. The predicted octanol–water partition coefficient (Wildman–Crippen LogP) is 1.15. The van der Waals surface area contributed by atoms with Crippen molar-refractivity contribution in [3.05, 3.63) is 36.7 Å². The number of rotatable bonds is 7. The number of nitriles is 1. The van der Waals surface area contributed by atoms with E-state index in [0.717, 1.165) is 5.75 Å². The molecule has 0 spiro atoms. The highest BCUT2D eigenvalue weighted by Gasteiger charge is 2.18. The van der Waals surface area contributed by atoms with E-state index in [2.05, 4.69) is 16.3 Å². The van der Waals surface area contributed by atoms with Crippen molar-refractivity contribution in [3.8, 4) is 6.07 Å². The Balaban J connectivity index is 2.69. The van der Waals surface area contributed by atoms with Gasteiger partial charge in [-0.15, -0.1) is 6.58 Å². The molecule has 0 aliphatic heterocycles. The lowest BCUT2D eigenvalue weighted by molar-refractivity contribution is 0.583. The van der Waals surface area contributed by atoms with Gasteiger partial charge in [0.1, 0.15) is 11.0 Å². The zero-order valence-electron chi connectivity index (χ0n) is 9.67. The lowest BCUT2D eigenvalue weighted by atomic mass is 10.4. The second kappa shape index (κ2) is 7.16. The van der Waals surface area contributed by atoms with Gasteiger partial charge in [-0.2, -0.15) is 17.0 Å². The topological polar surface area (TPSA) is 82.8 Å². The van der Waals surface area contributed by atoms with Crippen LogP contribution < -0.4 is 4.72 Å². The molecule has 0 amide bonds. The molecule has 96 valence electrons. The number of sulfonamides is 1. The second-order valence-electron chi connectivity index (χ2n) is 3.22. The maximum Gasteiger partial charge on any atom is 0.243 e. The lowest BCUT2D eigenvalue weighted by Crippen LogP contribution is -2.27. The van der Waals surface area contributed by atoms with E-state index in [0.29, 0.717) is 12.3 Å². The van der Waals surface area contributed by atoms with E-state index >= 15 is 0 Å². The van der Waals surface area contributed by atoms with Crippen molar-refractivity contribution in [2.24, 2.45) is 0 Å². The van der Waals surface area contributed by atoms with Crippen LogP contribution in [0.4, 0.5) is 0 Å². The Hall–Kier alpha value is -1.36. The van der Waals surface area contributed by atoms with Gasteiger partial charge in [-0.3, -0.25) is 0 Å². The number of hydrogen-bond acceptors (Lipinski definition) is 5. The fourth-order valence-corrected chi connectivity index (χ4v) is 3.03. The fourth-order valence-electron chi connectivity index (χ4n) is 1.18. The molecule has 1 aromatic heterocycles. The van der Waals surface area contributed by atoms with Gasteiger partial charge in [0.25, 0.3) is 0 Å². The third kappa shape index (κ3) is 4.14. The van der Waals surface area contributed by atoms with Crippen LogP contribution in [0.2, 0.25) is 0 Å². The van der Waals surface area contributed by atoms with E-state index in [-0.39, 0.29) is 10.6 Å². The van der Waals surface area contributed by atoms with Crippen molar-refractivity contribution in [1.29, 1.82) is 5.26 Å². The van der Waals surface area contributed by atoms with Gasteiger partial charge in [0.05, 0.1) is 0 Å². The third-order valence-corrected chi connectivity index (χ3v) is 4.40. The van der Waals surface area contributed by atoms with Crippen LogP contribution in [0.5, 0.6) is 0 Å². The minimum absolute atomic E-state index is 0.0822. The molecular weight excluding hydrogens is 270 g/mol. The van der Waals surface area contributed by atoms with Crippen molar-refractivity contribution in [2.75, 3.05) is 18.1 Å². The first kappa shape index (κ1) is 14.7. The number of pyridine rings is 1. The smallest absolute Gasteiger partial charge is 0.243 e. The molecule has 0 aliphatic rings. The van der Waals surface area contributed by atoms with Gasteiger partial charge in [0.15, 0.2) is 5.69 Å².